The van der Waals surface area contributed by atoms with Gasteiger partial charge in [-0.15, -0.1) is 0 Å². The van der Waals surface area contributed by atoms with Gasteiger partial charge in [0.2, 0.25) is 5.89 Å². The molecule has 2 saturated carbocycles. The highest BCUT2D eigenvalue weighted by Gasteiger charge is 2.29. The van der Waals surface area contributed by atoms with Crippen LogP contribution in [-0.4, -0.2) is 28.1 Å². The molecule has 2 fully saturated rings. The molecule has 2 aliphatic carbocycles. The van der Waals surface area contributed by atoms with Gasteiger partial charge in [0.1, 0.15) is 0 Å². The van der Waals surface area contributed by atoms with E-state index in [0.29, 0.717) is 12.4 Å². The van der Waals surface area contributed by atoms with Crippen molar-refractivity contribution in [2.24, 2.45) is 17.6 Å². The fourth-order valence-corrected chi connectivity index (χ4v) is 2.17. The first-order chi connectivity index (χ1) is 8.33. The molecule has 3 rings (SSSR count). The van der Waals surface area contributed by atoms with E-state index in [1.54, 1.807) is 0 Å². The molecule has 0 radical (unpaired) electrons. The lowest BCUT2D eigenvalue weighted by molar-refractivity contribution is 0.234. The van der Waals surface area contributed by atoms with Crippen molar-refractivity contribution in [1.82, 2.24) is 15.0 Å². The Bertz CT molecular complexity index is 356. The summed E-state index contributed by atoms with van der Waals surface area (Å²) in [5, 5.41) is 3.97. The number of aromatic nitrogens is 2. The molecule has 5 heteroatoms. The second-order valence-electron chi connectivity index (χ2n) is 5.39. The first-order valence-electron chi connectivity index (χ1n) is 6.57. The van der Waals surface area contributed by atoms with E-state index in [-0.39, 0.29) is 0 Å². The minimum Gasteiger partial charge on any atom is -0.338 e. The number of rotatable bonds is 7. The number of hydrogen-bond acceptors (Lipinski definition) is 5. The Kier molecular flexibility index (Phi) is 3.11. The molecule has 0 unspecified atom stereocenters. The van der Waals surface area contributed by atoms with E-state index in [2.05, 4.69) is 15.0 Å². The molecule has 0 saturated heterocycles. The van der Waals surface area contributed by atoms with Crippen LogP contribution in [0, 0.1) is 11.8 Å². The molecular formula is C12H20N4O. The molecule has 0 aromatic carbocycles. The zero-order valence-electron chi connectivity index (χ0n) is 10.1. The maximum Gasteiger partial charge on any atom is 0.240 e. The van der Waals surface area contributed by atoms with Crippen LogP contribution >= 0.6 is 0 Å². The zero-order chi connectivity index (χ0) is 11.7. The van der Waals surface area contributed by atoms with Crippen molar-refractivity contribution in [3.8, 4) is 0 Å². The molecule has 1 heterocycles. The van der Waals surface area contributed by atoms with E-state index >= 15 is 0 Å². The second kappa shape index (κ2) is 4.74. The van der Waals surface area contributed by atoms with E-state index in [1.165, 1.54) is 38.8 Å². The molecule has 0 aliphatic heterocycles. The minimum absolute atomic E-state index is 0.332. The third-order valence-corrected chi connectivity index (χ3v) is 3.48. The normalized spacial score (nSPS) is 20.1. The van der Waals surface area contributed by atoms with Gasteiger partial charge in [0.25, 0.3) is 0 Å². The van der Waals surface area contributed by atoms with Gasteiger partial charge in [-0.25, -0.2) is 0 Å². The number of nitrogens with zero attached hydrogens (tertiary/aromatic N) is 3. The highest BCUT2D eigenvalue weighted by atomic mass is 16.5. The lowest BCUT2D eigenvalue weighted by atomic mass is 10.3. The summed E-state index contributed by atoms with van der Waals surface area (Å²) in [6.07, 6.45) is 5.56. The standard InChI is InChI=1S/C12H20N4O/c13-5-12-14-11(15-17-12)8-16(6-9-1-2-9)7-10-3-4-10/h9-10H,1-8,13H2. The van der Waals surface area contributed by atoms with E-state index in [0.717, 1.165) is 24.2 Å². The first kappa shape index (κ1) is 11.2. The fraction of sp³-hybridized carbons (Fsp3) is 0.833. The van der Waals surface area contributed by atoms with Gasteiger partial charge in [-0.2, -0.15) is 4.98 Å². The summed E-state index contributed by atoms with van der Waals surface area (Å²) in [5.74, 6) is 3.15. The summed E-state index contributed by atoms with van der Waals surface area (Å²) < 4.78 is 5.04. The molecule has 0 spiro atoms. The first-order valence-corrected chi connectivity index (χ1v) is 6.57. The van der Waals surface area contributed by atoms with Gasteiger partial charge in [-0.1, -0.05) is 5.16 Å². The van der Waals surface area contributed by atoms with Gasteiger partial charge >= 0.3 is 0 Å². The number of hydrogen-bond donors (Lipinski definition) is 1. The van der Waals surface area contributed by atoms with Gasteiger partial charge in [0.15, 0.2) is 5.82 Å². The molecule has 17 heavy (non-hydrogen) atoms. The van der Waals surface area contributed by atoms with Crippen LogP contribution < -0.4 is 5.73 Å². The lowest BCUT2D eigenvalue weighted by Crippen LogP contribution is -2.28. The van der Waals surface area contributed by atoms with Crippen molar-refractivity contribution in [3.63, 3.8) is 0 Å². The van der Waals surface area contributed by atoms with Gasteiger partial charge in [0, 0.05) is 13.1 Å². The Morgan fingerprint density at radius 3 is 2.29 bits per heavy atom. The van der Waals surface area contributed by atoms with Crippen LogP contribution in [0.3, 0.4) is 0 Å². The third kappa shape index (κ3) is 3.26. The van der Waals surface area contributed by atoms with E-state index in [1.807, 2.05) is 0 Å². The van der Waals surface area contributed by atoms with Crippen LogP contribution in [0.2, 0.25) is 0 Å². The fourth-order valence-electron chi connectivity index (χ4n) is 2.17. The van der Waals surface area contributed by atoms with E-state index < -0.39 is 0 Å². The zero-order valence-corrected chi connectivity index (χ0v) is 10.1. The van der Waals surface area contributed by atoms with Crippen molar-refractivity contribution in [1.29, 1.82) is 0 Å². The smallest absolute Gasteiger partial charge is 0.240 e. The predicted octanol–water partition coefficient (Wildman–Crippen LogP) is 1.15. The SMILES string of the molecule is NCc1nc(CN(CC2CC2)CC2CC2)no1. The maximum atomic E-state index is 5.47. The molecular weight excluding hydrogens is 216 g/mol. The summed E-state index contributed by atoms with van der Waals surface area (Å²) in [5.41, 5.74) is 5.47. The Morgan fingerprint density at radius 2 is 1.82 bits per heavy atom. The third-order valence-electron chi connectivity index (χ3n) is 3.48. The van der Waals surface area contributed by atoms with Crippen LogP contribution in [0.15, 0.2) is 4.52 Å². The summed E-state index contributed by atoms with van der Waals surface area (Å²) >= 11 is 0. The Balaban J connectivity index is 1.56. The quantitative estimate of drug-likeness (QED) is 0.769. The summed E-state index contributed by atoms with van der Waals surface area (Å²) in [6, 6.07) is 0. The van der Waals surface area contributed by atoms with Gasteiger partial charge in [0.05, 0.1) is 13.1 Å². The van der Waals surface area contributed by atoms with Crippen molar-refractivity contribution in [3.05, 3.63) is 11.7 Å². The molecule has 1 aromatic heterocycles. The second-order valence-corrected chi connectivity index (χ2v) is 5.39. The predicted molar refractivity (Wildman–Crippen MR) is 62.9 cm³/mol. The van der Waals surface area contributed by atoms with Crippen LogP contribution in [0.1, 0.15) is 37.4 Å². The largest absolute Gasteiger partial charge is 0.338 e. The van der Waals surface area contributed by atoms with Crippen molar-refractivity contribution in [2.75, 3.05) is 13.1 Å². The molecule has 94 valence electrons. The molecule has 0 atom stereocenters. The monoisotopic (exact) mass is 236 g/mol. The van der Waals surface area contributed by atoms with Gasteiger partial charge in [-0.05, 0) is 37.5 Å². The van der Waals surface area contributed by atoms with Crippen molar-refractivity contribution in [2.45, 2.75) is 38.8 Å². The molecule has 0 bridgehead atoms. The van der Waals surface area contributed by atoms with E-state index in [4.69, 9.17) is 10.3 Å². The van der Waals surface area contributed by atoms with E-state index in [9.17, 15) is 0 Å². The van der Waals surface area contributed by atoms with Crippen molar-refractivity contribution < 1.29 is 4.52 Å². The topological polar surface area (TPSA) is 68.2 Å². The maximum absolute atomic E-state index is 5.47. The van der Waals surface area contributed by atoms with Crippen LogP contribution in [-0.2, 0) is 13.1 Å². The average molecular weight is 236 g/mol. The molecule has 5 nitrogen and oxygen atoms in total. The highest BCUT2D eigenvalue weighted by molar-refractivity contribution is 4.89. The lowest BCUT2D eigenvalue weighted by Gasteiger charge is -2.19. The Morgan fingerprint density at radius 1 is 1.18 bits per heavy atom. The van der Waals surface area contributed by atoms with Crippen LogP contribution in [0.4, 0.5) is 0 Å². The molecule has 0 amide bonds. The van der Waals surface area contributed by atoms with Crippen LogP contribution in [0.5, 0.6) is 0 Å². The Hall–Kier alpha value is -0.940. The molecule has 1 aromatic rings. The molecule has 2 aliphatic rings. The summed E-state index contributed by atoms with van der Waals surface area (Å²) in [6.45, 7) is 3.54. The highest BCUT2D eigenvalue weighted by Crippen LogP contribution is 2.34. The summed E-state index contributed by atoms with van der Waals surface area (Å²) in [7, 11) is 0. The van der Waals surface area contributed by atoms with Gasteiger partial charge in [-0.3, -0.25) is 4.90 Å². The minimum atomic E-state index is 0.332. The average Bonchev–Trinajstić information content (AvgIpc) is 3.22. The number of nitrogens with two attached hydrogens (primary N) is 1. The molecule has 2 N–H and O–H groups in total. The van der Waals surface area contributed by atoms with Crippen molar-refractivity contribution >= 4 is 0 Å². The van der Waals surface area contributed by atoms with Crippen LogP contribution in [0.25, 0.3) is 0 Å². The Labute approximate surface area is 101 Å². The van der Waals surface area contributed by atoms with Gasteiger partial charge < -0.3 is 10.3 Å². The summed E-state index contributed by atoms with van der Waals surface area (Å²) in [4.78, 5) is 6.77.